The predicted octanol–water partition coefficient (Wildman–Crippen LogP) is 12.2. The first-order valence-electron chi connectivity index (χ1n) is 23.6. The molecular weight excluding hydrogens is 961 g/mol. The van der Waals surface area contributed by atoms with Gasteiger partial charge in [0.05, 0.1) is 22.3 Å². The van der Waals surface area contributed by atoms with Crippen molar-refractivity contribution in [2.24, 2.45) is 0 Å². The number of nitrogens with zero attached hydrogens (tertiary/aromatic N) is 6. The summed E-state index contributed by atoms with van der Waals surface area (Å²) in [5.74, 6) is -2.10. The maximum atomic E-state index is 11.8. The molecule has 10 aromatic rings. The van der Waals surface area contributed by atoms with Crippen LogP contribution in [0.4, 0.5) is 0 Å². The minimum atomic E-state index is -1.04. The molecule has 16 heteroatoms. The Morgan fingerprint density at radius 3 is 1.01 bits per heavy atom. The van der Waals surface area contributed by atoms with Gasteiger partial charge < -0.3 is 30.4 Å². The summed E-state index contributed by atoms with van der Waals surface area (Å²) < 4.78 is 0. The second-order valence-electron chi connectivity index (χ2n) is 18.2. The van der Waals surface area contributed by atoms with Crippen LogP contribution in [0.15, 0.2) is 170 Å². The fourth-order valence-electron chi connectivity index (χ4n) is 9.74. The number of carbonyl (C=O) groups is 4. The van der Waals surface area contributed by atoms with Gasteiger partial charge in [-0.15, -0.1) is 0 Å². The van der Waals surface area contributed by atoms with Gasteiger partial charge in [0.2, 0.25) is 0 Å². The van der Waals surface area contributed by atoms with E-state index < -0.39 is 23.9 Å². The van der Waals surface area contributed by atoms with E-state index in [2.05, 4.69) is 9.97 Å². The summed E-state index contributed by atoms with van der Waals surface area (Å²) in [4.78, 5) is 85.1. The van der Waals surface area contributed by atoms with Crippen LogP contribution in [0.25, 0.3) is 135 Å². The summed E-state index contributed by atoms with van der Waals surface area (Å²) in [6.07, 6.45) is 0. The Morgan fingerprint density at radius 1 is 0.289 bits per heavy atom. The molecule has 0 amide bonds. The van der Waals surface area contributed by atoms with Crippen molar-refractivity contribution >= 4 is 45.9 Å². The highest BCUT2D eigenvalue weighted by Gasteiger charge is 2.27. The normalized spacial score (nSPS) is 11.6. The smallest absolute Gasteiger partial charge is 0.335 e. The average molecular weight is 995 g/mol. The number of carboxylic acid groups (broad SMARTS) is 4. The number of benzene rings is 8. The van der Waals surface area contributed by atoms with Gasteiger partial charge in [-0.2, -0.15) is 0 Å². The second-order valence-corrected chi connectivity index (χ2v) is 18.2. The minimum Gasteiger partial charge on any atom is -0.478 e. The zero-order valence-electron chi connectivity index (χ0n) is 39.3. The first-order chi connectivity index (χ1) is 36.9. The standard InChI is InChI=1S/C60H34N8O8/c69-57(70)33-9-1-29(2-10-33)37-17-21-41-45(25-37)53-61-49(41)66-54-47-27-39(31-5-13-35(14-6-31)59(73)74)19-23-43(47)51(63-54)68-56-48-28-40(32-7-15-36(16-8-32)60(75)76)20-24-44(48)52(64-56)67-55-46-26-38(18-22-42(46)50(62-55)65-53)30-3-11-34(12-4-30)58(71)72/h1-28H,(H,69,70)(H,71,72)(H,73,74)(H,75,76)(H2,61,62,63,64,65,66,67,68). The van der Waals surface area contributed by atoms with Crippen LogP contribution < -0.4 is 0 Å². The molecule has 0 unspecified atom stereocenters. The largest absolute Gasteiger partial charge is 0.478 e. The lowest BCUT2D eigenvalue weighted by atomic mass is 9.98. The molecule has 8 bridgehead atoms. The molecule has 8 aromatic carbocycles. The highest BCUT2D eigenvalue weighted by Crippen LogP contribution is 2.43. The molecule has 3 aliphatic heterocycles. The van der Waals surface area contributed by atoms with E-state index in [1.807, 2.05) is 72.8 Å². The third-order valence-corrected chi connectivity index (χ3v) is 13.7. The molecule has 6 N–H and O–H groups in total. The van der Waals surface area contributed by atoms with Gasteiger partial charge in [-0.3, -0.25) is 0 Å². The first kappa shape index (κ1) is 44.9. The fraction of sp³-hybridized carbons (Fsp3) is 0. The number of hydrogen-bond donors (Lipinski definition) is 6. The van der Waals surface area contributed by atoms with E-state index >= 15 is 0 Å². The molecule has 0 aliphatic carbocycles. The van der Waals surface area contributed by atoms with E-state index in [0.717, 1.165) is 55.3 Å². The number of rotatable bonds is 8. The predicted molar refractivity (Wildman–Crippen MR) is 284 cm³/mol. The van der Waals surface area contributed by atoms with E-state index in [1.165, 1.54) is 0 Å². The lowest BCUT2D eigenvalue weighted by Gasteiger charge is -2.07. The van der Waals surface area contributed by atoms with E-state index in [9.17, 15) is 39.6 Å². The van der Waals surface area contributed by atoms with Crippen LogP contribution in [0.3, 0.4) is 0 Å². The first-order valence-corrected chi connectivity index (χ1v) is 23.6. The van der Waals surface area contributed by atoms with Gasteiger partial charge in [-0.25, -0.2) is 49.1 Å². The number of H-pyrrole nitrogens is 2. The van der Waals surface area contributed by atoms with Gasteiger partial charge in [0.15, 0.2) is 29.1 Å². The molecule has 3 aliphatic rings. The lowest BCUT2D eigenvalue weighted by molar-refractivity contribution is 0.0686. The van der Waals surface area contributed by atoms with Crippen LogP contribution >= 0.6 is 0 Å². The van der Waals surface area contributed by atoms with Crippen LogP contribution in [0.2, 0.25) is 0 Å². The SMILES string of the molecule is O=C(O)c1ccc(-c2ccc3c(c2)-c2nc4nc(nc5[nH]c([nH]c6nc(nc-3n2)-c2cc(-c3ccc(C(=O)O)cc3)ccc2-6)c2cc(-c3ccc(C(=O)O)cc3)ccc52)-c2cc(-c3ccc(C(=O)O)cc3)ccc2-4)cc1. The Hall–Kier alpha value is -11.0. The van der Waals surface area contributed by atoms with Gasteiger partial charge in [0.1, 0.15) is 17.1 Å². The molecule has 0 spiro atoms. The van der Waals surface area contributed by atoms with Crippen molar-refractivity contribution in [1.29, 1.82) is 0 Å². The molecule has 16 nitrogen and oxygen atoms in total. The zero-order chi connectivity index (χ0) is 51.9. The van der Waals surface area contributed by atoms with Gasteiger partial charge in [0, 0.05) is 44.2 Å². The quantitative estimate of drug-likeness (QED) is 0.0828. The van der Waals surface area contributed by atoms with Crippen LogP contribution in [-0.2, 0) is 0 Å². The Balaban J connectivity index is 1.08. The maximum absolute atomic E-state index is 11.8. The Bertz CT molecular complexity index is 4400. The van der Waals surface area contributed by atoms with Crippen LogP contribution in [0, 0.1) is 0 Å². The molecule has 13 rings (SSSR count). The summed E-state index contributed by atoms with van der Waals surface area (Å²) in [7, 11) is 0. The number of aromatic nitrogens is 8. The molecule has 0 radical (unpaired) electrons. The molecule has 76 heavy (non-hydrogen) atoms. The monoisotopic (exact) mass is 994 g/mol. The van der Waals surface area contributed by atoms with E-state index in [4.69, 9.17) is 29.9 Å². The summed E-state index contributed by atoms with van der Waals surface area (Å²) in [6, 6.07) is 49.6. The van der Waals surface area contributed by atoms with Crippen LogP contribution in [0.5, 0.6) is 0 Å². The number of hydrogen-bond acceptors (Lipinski definition) is 10. The van der Waals surface area contributed by atoms with Crippen LogP contribution in [-0.4, -0.2) is 84.2 Å². The number of nitrogens with one attached hydrogen (secondary N) is 2. The van der Waals surface area contributed by atoms with E-state index in [0.29, 0.717) is 79.6 Å². The summed E-state index contributed by atoms with van der Waals surface area (Å²) >= 11 is 0. The van der Waals surface area contributed by atoms with Gasteiger partial charge in [-0.05, 0) is 142 Å². The second kappa shape index (κ2) is 17.3. The lowest BCUT2D eigenvalue weighted by Crippen LogP contribution is -1.95. The molecule has 0 atom stereocenters. The Kier molecular flexibility index (Phi) is 10.3. The van der Waals surface area contributed by atoms with Crippen molar-refractivity contribution in [3.05, 3.63) is 192 Å². The molecule has 0 saturated carbocycles. The maximum Gasteiger partial charge on any atom is 0.335 e. The summed E-state index contributed by atoms with van der Waals surface area (Å²) in [6.45, 7) is 0. The van der Waals surface area contributed by atoms with Gasteiger partial charge in [-0.1, -0.05) is 72.8 Å². The Labute approximate surface area is 428 Å². The number of aromatic carboxylic acids is 4. The van der Waals surface area contributed by atoms with Crippen molar-refractivity contribution in [1.82, 2.24) is 39.9 Å². The molecule has 5 heterocycles. The van der Waals surface area contributed by atoms with Crippen molar-refractivity contribution in [2.45, 2.75) is 0 Å². The fourth-order valence-corrected chi connectivity index (χ4v) is 9.74. The van der Waals surface area contributed by atoms with Crippen molar-refractivity contribution in [3.8, 4) is 113 Å². The third-order valence-electron chi connectivity index (χ3n) is 13.7. The molecule has 0 saturated heterocycles. The van der Waals surface area contributed by atoms with E-state index in [-0.39, 0.29) is 22.3 Å². The number of aromatic amines is 2. The summed E-state index contributed by atoms with van der Waals surface area (Å²) in [5, 5.41) is 39.9. The molecule has 2 aromatic heterocycles. The molecule has 0 fully saturated rings. The van der Waals surface area contributed by atoms with Crippen molar-refractivity contribution in [2.75, 3.05) is 0 Å². The minimum absolute atomic E-state index is 0.151. The zero-order valence-corrected chi connectivity index (χ0v) is 39.3. The third kappa shape index (κ3) is 7.73. The number of fused-ring (bicyclic) bond motifs is 20. The van der Waals surface area contributed by atoms with Gasteiger partial charge >= 0.3 is 23.9 Å². The van der Waals surface area contributed by atoms with Crippen molar-refractivity contribution in [3.63, 3.8) is 0 Å². The Morgan fingerprint density at radius 2 is 0.605 bits per heavy atom. The highest BCUT2D eigenvalue weighted by molar-refractivity contribution is 6.07. The summed E-state index contributed by atoms with van der Waals surface area (Å²) in [5.41, 5.74) is 11.8. The average Bonchev–Trinajstić information content (AvgIpc) is 4.20. The van der Waals surface area contributed by atoms with Crippen molar-refractivity contribution < 1.29 is 39.6 Å². The molecule has 362 valence electrons. The van der Waals surface area contributed by atoms with Crippen LogP contribution in [0.1, 0.15) is 41.4 Å². The number of carboxylic acids is 4. The highest BCUT2D eigenvalue weighted by atomic mass is 16.4. The van der Waals surface area contributed by atoms with E-state index in [1.54, 1.807) is 97.1 Å². The van der Waals surface area contributed by atoms with Gasteiger partial charge in [0.25, 0.3) is 0 Å². The molecular formula is C60H34N8O8. The topological polar surface area (TPSA) is 258 Å².